The Kier molecular flexibility index (Phi) is 6.62. The zero-order chi connectivity index (χ0) is 26.2. The van der Waals surface area contributed by atoms with Gasteiger partial charge in [-0.25, -0.2) is 4.79 Å². The monoisotopic (exact) mass is 495 g/mol. The summed E-state index contributed by atoms with van der Waals surface area (Å²) in [6.07, 6.45) is -0.755. The summed E-state index contributed by atoms with van der Waals surface area (Å²) in [7, 11) is 3.05. The van der Waals surface area contributed by atoms with E-state index in [-0.39, 0.29) is 19.0 Å². The first-order valence-electron chi connectivity index (χ1n) is 11.5. The van der Waals surface area contributed by atoms with Crippen LogP contribution in [0.15, 0.2) is 42.5 Å². The summed E-state index contributed by atoms with van der Waals surface area (Å²) in [5.74, 6) is -0.121. The third-order valence-electron chi connectivity index (χ3n) is 6.09. The van der Waals surface area contributed by atoms with E-state index in [1.54, 1.807) is 70.3 Å². The molecule has 2 heterocycles. The second kappa shape index (κ2) is 9.52. The first-order valence-corrected chi connectivity index (χ1v) is 11.5. The standard InChI is InChI=1S/C26H29N3O7/c1-26(2,3)36-25(33)27-21-19(14-29-22(30)17-8-6-7-9-18(17)23(29)31)28(24(21)32)13-15-10-11-16(34-4)12-20(15)35-5/h6-12,19,21H,13-14H2,1-5H3,(H,27,33)/t19-,21+/m1/s1. The molecule has 2 aromatic carbocycles. The number of ether oxygens (including phenoxy) is 3. The van der Waals surface area contributed by atoms with E-state index in [1.165, 1.54) is 12.0 Å². The van der Waals surface area contributed by atoms with Crippen molar-refractivity contribution in [1.82, 2.24) is 15.1 Å². The zero-order valence-electron chi connectivity index (χ0n) is 20.9. The smallest absolute Gasteiger partial charge is 0.408 e. The van der Waals surface area contributed by atoms with Crippen LogP contribution in [0.3, 0.4) is 0 Å². The molecule has 1 fully saturated rings. The Morgan fingerprint density at radius 3 is 2.17 bits per heavy atom. The molecule has 1 saturated heterocycles. The van der Waals surface area contributed by atoms with Crippen molar-refractivity contribution in [1.29, 1.82) is 0 Å². The fourth-order valence-corrected chi connectivity index (χ4v) is 4.35. The number of amides is 4. The third-order valence-corrected chi connectivity index (χ3v) is 6.09. The van der Waals surface area contributed by atoms with Gasteiger partial charge in [-0.2, -0.15) is 0 Å². The van der Waals surface area contributed by atoms with Crippen LogP contribution in [-0.4, -0.2) is 72.1 Å². The Bertz CT molecular complexity index is 1190. The summed E-state index contributed by atoms with van der Waals surface area (Å²) in [5.41, 5.74) is 0.571. The number of hydrogen-bond acceptors (Lipinski definition) is 7. The number of methoxy groups -OCH3 is 2. The largest absolute Gasteiger partial charge is 0.497 e. The summed E-state index contributed by atoms with van der Waals surface area (Å²) >= 11 is 0. The van der Waals surface area contributed by atoms with Crippen LogP contribution < -0.4 is 14.8 Å². The van der Waals surface area contributed by atoms with E-state index in [9.17, 15) is 19.2 Å². The summed E-state index contributed by atoms with van der Waals surface area (Å²) < 4.78 is 16.0. The highest BCUT2D eigenvalue weighted by Crippen LogP contribution is 2.32. The highest BCUT2D eigenvalue weighted by Gasteiger charge is 2.51. The minimum absolute atomic E-state index is 0.0863. The van der Waals surface area contributed by atoms with Gasteiger partial charge in [-0.15, -0.1) is 0 Å². The molecule has 10 nitrogen and oxygen atoms in total. The van der Waals surface area contributed by atoms with Crippen LogP contribution in [0.1, 0.15) is 47.1 Å². The van der Waals surface area contributed by atoms with Crippen LogP contribution in [0.25, 0.3) is 0 Å². The molecule has 36 heavy (non-hydrogen) atoms. The molecular formula is C26H29N3O7. The molecule has 10 heteroatoms. The second-order valence-electron chi connectivity index (χ2n) is 9.60. The van der Waals surface area contributed by atoms with Gasteiger partial charge in [-0.1, -0.05) is 12.1 Å². The summed E-state index contributed by atoms with van der Waals surface area (Å²) in [6.45, 7) is 5.21. The minimum Gasteiger partial charge on any atom is -0.497 e. The maximum atomic E-state index is 13.2. The molecule has 0 bridgehead atoms. The Hall–Kier alpha value is -4.08. The van der Waals surface area contributed by atoms with Gasteiger partial charge in [0.05, 0.1) is 37.9 Å². The molecular weight excluding hydrogens is 466 g/mol. The van der Waals surface area contributed by atoms with Gasteiger partial charge >= 0.3 is 6.09 Å². The second-order valence-corrected chi connectivity index (χ2v) is 9.60. The lowest BCUT2D eigenvalue weighted by Gasteiger charge is -2.48. The van der Waals surface area contributed by atoms with Crippen LogP contribution in [0.4, 0.5) is 4.79 Å². The quantitative estimate of drug-likeness (QED) is 0.464. The van der Waals surface area contributed by atoms with E-state index in [0.717, 1.165) is 4.90 Å². The van der Waals surface area contributed by atoms with Crippen molar-refractivity contribution in [3.8, 4) is 11.5 Å². The maximum Gasteiger partial charge on any atom is 0.408 e. The van der Waals surface area contributed by atoms with Crippen molar-refractivity contribution in [2.24, 2.45) is 0 Å². The number of carbonyl (C=O) groups is 4. The number of carbonyl (C=O) groups excluding carboxylic acids is 4. The predicted octanol–water partition coefficient (Wildman–Crippen LogP) is 2.60. The molecule has 4 amide bonds. The Balaban J connectivity index is 1.59. The SMILES string of the molecule is COc1ccc(CN2C(=O)[C@@H](NC(=O)OC(C)(C)C)[C@H]2CN2C(=O)c3ccccc3C2=O)c(OC)c1. The van der Waals surface area contributed by atoms with Crippen molar-refractivity contribution in [3.63, 3.8) is 0 Å². The van der Waals surface area contributed by atoms with E-state index in [4.69, 9.17) is 14.2 Å². The van der Waals surface area contributed by atoms with Crippen LogP contribution in [0, 0.1) is 0 Å². The molecule has 1 N–H and O–H groups in total. The lowest BCUT2D eigenvalue weighted by molar-refractivity contribution is -0.152. The average Bonchev–Trinajstić information content (AvgIpc) is 3.08. The Morgan fingerprint density at radius 2 is 1.61 bits per heavy atom. The number of benzene rings is 2. The van der Waals surface area contributed by atoms with Crippen molar-refractivity contribution in [2.45, 2.75) is 45.0 Å². The highest BCUT2D eigenvalue weighted by atomic mass is 16.6. The first-order chi connectivity index (χ1) is 17.0. The Labute approximate surface area is 209 Å². The first kappa shape index (κ1) is 25.0. The Morgan fingerprint density at radius 1 is 0.972 bits per heavy atom. The molecule has 0 aliphatic carbocycles. The van der Waals surface area contributed by atoms with E-state index in [0.29, 0.717) is 28.2 Å². The van der Waals surface area contributed by atoms with Crippen LogP contribution in [0.2, 0.25) is 0 Å². The van der Waals surface area contributed by atoms with Gasteiger partial charge < -0.3 is 24.4 Å². The zero-order valence-corrected chi connectivity index (χ0v) is 20.9. The number of fused-ring (bicyclic) bond motifs is 1. The maximum absolute atomic E-state index is 13.2. The lowest BCUT2D eigenvalue weighted by atomic mass is 9.93. The molecule has 0 aromatic heterocycles. The number of hydrogen-bond donors (Lipinski definition) is 1. The molecule has 2 aliphatic rings. The number of imide groups is 1. The van der Waals surface area contributed by atoms with Crippen molar-refractivity contribution >= 4 is 23.8 Å². The molecule has 0 saturated carbocycles. The van der Waals surface area contributed by atoms with E-state index < -0.39 is 35.6 Å². The number of rotatable bonds is 7. The van der Waals surface area contributed by atoms with Gasteiger partial charge in [-0.3, -0.25) is 19.3 Å². The van der Waals surface area contributed by atoms with Gasteiger partial charge in [0.15, 0.2) is 0 Å². The molecule has 2 aromatic rings. The number of likely N-dealkylation sites (tertiary alicyclic amines) is 1. The number of nitrogens with zero attached hydrogens (tertiary/aromatic N) is 2. The van der Waals surface area contributed by atoms with Crippen LogP contribution in [0.5, 0.6) is 11.5 Å². The molecule has 0 unspecified atom stereocenters. The van der Waals surface area contributed by atoms with Gasteiger partial charge in [-0.05, 0) is 45.0 Å². The fourth-order valence-electron chi connectivity index (χ4n) is 4.35. The fraction of sp³-hybridized carbons (Fsp3) is 0.385. The van der Waals surface area contributed by atoms with Crippen molar-refractivity contribution in [2.75, 3.05) is 20.8 Å². The van der Waals surface area contributed by atoms with E-state index in [2.05, 4.69) is 5.32 Å². The van der Waals surface area contributed by atoms with E-state index >= 15 is 0 Å². The van der Waals surface area contributed by atoms with Crippen LogP contribution >= 0.6 is 0 Å². The third kappa shape index (κ3) is 4.71. The predicted molar refractivity (Wildman–Crippen MR) is 129 cm³/mol. The minimum atomic E-state index is -0.964. The molecule has 2 aliphatic heterocycles. The summed E-state index contributed by atoms with van der Waals surface area (Å²) in [4.78, 5) is 54.2. The molecule has 0 radical (unpaired) electrons. The van der Waals surface area contributed by atoms with Crippen LogP contribution in [-0.2, 0) is 16.1 Å². The topological polar surface area (TPSA) is 114 Å². The molecule has 4 rings (SSSR count). The summed E-state index contributed by atoms with van der Waals surface area (Å²) in [6, 6.07) is 10.2. The van der Waals surface area contributed by atoms with Gasteiger partial charge in [0.2, 0.25) is 5.91 Å². The van der Waals surface area contributed by atoms with Gasteiger partial charge in [0, 0.05) is 18.2 Å². The van der Waals surface area contributed by atoms with Gasteiger partial charge in [0.25, 0.3) is 11.8 Å². The lowest BCUT2D eigenvalue weighted by Crippen LogP contribution is -2.73. The molecule has 2 atom stereocenters. The normalized spacial score (nSPS) is 19.1. The van der Waals surface area contributed by atoms with Crippen molar-refractivity contribution in [3.05, 3.63) is 59.2 Å². The number of alkyl carbamates (subject to hydrolysis) is 1. The summed E-state index contributed by atoms with van der Waals surface area (Å²) in [5, 5.41) is 2.61. The average molecular weight is 496 g/mol. The molecule has 190 valence electrons. The van der Waals surface area contributed by atoms with Gasteiger partial charge in [0.1, 0.15) is 23.1 Å². The molecule has 0 spiro atoms. The van der Waals surface area contributed by atoms with Crippen molar-refractivity contribution < 1.29 is 33.4 Å². The highest BCUT2D eigenvalue weighted by molar-refractivity contribution is 6.21. The van der Waals surface area contributed by atoms with E-state index in [1.807, 2.05) is 0 Å². The number of β-lactam (4-membered cyclic amide) rings is 1. The number of nitrogens with one attached hydrogen (secondary N) is 1.